The van der Waals surface area contributed by atoms with E-state index in [1.54, 1.807) is 10.9 Å². The van der Waals surface area contributed by atoms with Crippen LogP contribution in [0.25, 0.3) is 0 Å². The Bertz CT molecular complexity index is 721. The minimum Gasteiger partial charge on any atom is -0.490 e. The van der Waals surface area contributed by atoms with Crippen molar-refractivity contribution < 1.29 is 14.2 Å². The van der Waals surface area contributed by atoms with Gasteiger partial charge in [-0.1, -0.05) is 6.07 Å². The molecule has 0 atom stereocenters. The Morgan fingerprint density at radius 1 is 1.11 bits per heavy atom. The molecule has 27 heavy (non-hydrogen) atoms. The van der Waals surface area contributed by atoms with Gasteiger partial charge >= 0.3 is 0 Å². The highest BCUT2D eigenvalue weighted by atomic mass is 32.1. The van der Waals surface area contributed by atoms with E-state index in [0.717, 1.165) is 29.2 Å². The standard InChI is InChI=1S/C19H28N4O3S/c1-4-24-14-23-13-16(12-21-23)22-19(27)20-10-9-15-7-8-17(25-5-2)18(11-15)26-6-3/h7-8,11-13H,4-6,9-10,14H2,1-3H3,(H2,20,22,27). The molecule has 0 aliphatic carbocycles. The molecular formula is C19H28N4O3S. The van der Waals surface area contributed by atoms with Gasteiger partial charge in [0.15, 0.2) is 16.6 Å². The molecule has 2 N–H and O–H groups in total. The molecule has 2 rings (SSSR count). The Hall–Kier alpha value is -2.32. The minimum absolute atomic E-state index is 0.429. The quantitative estimate of drug-likeness (QED) is 0.569. The van der Waals surface area contributed by atoms with E-state index in [1.807, 2.05) is 45.2 Å². The first kappa shape index (κ1) is 21.0. The van der Waals surface area contributed by atoms with Crippen molar-refractivity contribution in [2.24, 2.45) is 0 Å². The molecule has 1 aromatic heterocycles. The third-order valence-corrected chi connectivity index (χ3v) is 3.87. The monoisotopic (exact) mass is 392 g/mol. The SMILES string of the molecule is CCOCn1cc(NC(=S)NCCc2ccc(OCC)c(OCC)c2)cn1. The summed E-state index contributed by atoms with van der Waals surface area (Å²) >= 11 is 5.34. The largest absolute Gasteiger partial charge is 0.490 e. The highest BCUT2D eigenvalue weighted by Gasteiger charge is 2.07. The van der Waals surface area contributed by atoms with E-state index in [-0.39, 0.29) is 0 Å². The summed E-state index contributed by atoms with van der Waals surface area (Å²) in [6, 6.07) is 6.01. The molecule has 0 unspecified atom stereocenters. The highest BCUT2D eigenvalue weighted by Crippen LogP contribution is 2.28. The summed E-state index contributed by atoms with van der Waals surface area (Å²) in [5.41, 5.74) is 1.98. The fraction of sp³-hybridized carbons (Fsp3) is 0.474. The van der Waals surface area contributed by atoms with E-state index in [0.29, 0.717) is 38.2 Å². The van der Waals surface area contributed by atoms with Crippen LogP contribution in [0, 0.1) is 0 Å². The predicted octanol–water partition coefficient (Wildman–Crippen LogP) is 3.20. The van der Waals surface area contributed by atoms with Gasteiger partial charge in [-0.25, -0.2) is 4.68 Å². The van der Waals surface area contributed by atoms with Crippen LogP contribution in [0.3, 0.4) is 0 Å². The fourth-order valence-corrected chi connectivity index (χ4v) is 2.65. The molecule has 148 valence electrons. The molecular weight excluding hydrogens is 364 g/mol. The van der Waals surface area contributed by atoms with Crippen molar-refractivity contribution in [3.05, 3.63) is 36.2 Å². The Labute approximate surface area is 166 Å². The molecule has 0 spiro atoms. The lowest BCUT2D eigenvalue weighted by Gasteiger charge is -2.13. The van der Waals surface area contributed by atoms with Crippen LogP contribution < -0.4 is 20.1 Å². The lowest BCUT2D eigenvalue weighted by molar-refractivity contribution is 0.0792. The third kappa shape index (κ3) is 7.07. The second-order valence-electron chi connectivity index (χ2n) is 5.67. The van der Waals surface area contributed by atoms with E-state index < -0.39 is 0 Å². The van der Waals surface area contributed by atoms with Gasteiger partial charge in [-0.3, -0.25) is 0 Å². The molecule has 0 aliphatic rings. The summed E-state index contributed by atoms with van der Waals surface area (Å²) in [5.74, 6) is 1.55. The van der Waals surface area contributed by atoms with Crippen LogP contribution in [0.4, 0.5) is 5.69 Å². The number of ether oxygens (including phenoxy) is 3. The smallest absolute Gasteiger partial charge is 0.170 e. The first-order valence-electron chi connectivity index (χ1n) is 9.19. The van der Waals surface area contributed by atoms with Gasteiger partial charge in [-0.15, -0.1) is 0 Å². The van der Waals surface area contributed by atoms with Gasteiger partial charge < -0.3 is 24.8 Å². The summed E-state index contributed by atoms with van der Waals surface area (Å²) in [6.07, 6.45) is 4.39. The molecule has 2 aromatic rings. The van der Waals surface area contributed by atoms with Crippen molar-refractivity contribution in [2.75, 3.05) is 31.7 Å². The summed E-state index contributed by atoms with van der Waals surface area (Å²) in [7, 11) is 0. The van der Waals surface area contributed by atoms with Crippen molar-refractivity contribution >= 4 is 23.0 Å². The highest BCUT2D eigenvalue weighted by molar-refractivity contribution is 7.80. The summed E-state index contributed by atoms with van der Waals surface area (Å²) in [6.45, 7) is 8.88. The van der Waals surface area contributed by atoms with E-state index in [1.165, 1.54) is 0 Å². The third-order valence-electron chi connectivity index (χ3n) is 3.63. The van der Waals surface area contributed by atoms with Crippen LogP contribution in [0.5, 0.6) is 11.5 Å². The number of rotatable bonds is 11. The second-order valence-corrected chi connectivity index (χ2v) is 6.08. The molecule has 0 saturated heterocycles. The minimum atomic E-state index is 0.429. The molecule has 0 fully saturated rings. The molecule has 0 amide bonds. The lowest BCUT2D eigenvalue weighted by atomic mass is 10.1. The maximum absolute atomic E-state index is 5.66. The van der Waals surface area contributed by atoms with Gasteiger partial charge in [-0.05, 0) is 57.1 Å². The molecule has 1 aromatic carbocycles. The zero-order chi connectivity index (χ0) is 19.5. The number of benzene rings is 1. The Morgan fingerprint density at radius 3 is 2.63 bits per heavy atom. The zero-order valence-corrected chi connectivity index (χ0v) is 17.0. The predicted molar refractivity (Wildman–Crippen MR) is 111 cm³/mol. The van der Waals surface area contributed by atoms with E-state index in [2.05, 4.69) is 15.7 Å². The Morgan fingerprint density at radius 2 is 1.89 bits per heavy atom. The van der Waals surface area contributed by atoms with Gasteiger partial charge in [-0.2, -0.15) is 5.10 Å². The van der Waals surface area contributed by atoms with Crippen LogP contribution in [0.1, 0.15) is 26.3 Å². The first-order valence-corrected chi connectivity index (χ1v) is 9.60. The zero-order valence-electron chi connectivity index (χ0n) is 16.2. The maximum atomic E-state index is 5.66. The van der Waals surface area contributed by atoms with Crippen LogP contribution in [0.2, 0.25) is 0 Å². The number of thiocarbonyl (C=S) groups is 1. The number of anilines is 1. The van der Waals surface area contributed by atoms with Crippen molar-refractivity contribution in [2.45, 2.75) is 33.9 Å². The van der Waals surface area contributed by atoms with Crippen molar-refractivity contribution in [1.82, 2.24) is 15.1 Å². The summed E-state index contributed by atoms with van der Waals surface area (Å²) in [5, 5.41) is 11.1. The Balaban J connectivity index is 1.80. The molecule has 1 heterocycles. The lowest BCUT2D eigenvalue weighted by Crippen LogP contribution is -2.30. The van der Waals surface area contributed by atoms with Crippen LogP contribution in [0.15, 0.2) is 30.6 Å². The molecule has 8 heteroatoms. The van der Waals surface area contributed by atoms with Gasteiger partial charge in [0, 0.05) is 13.2 Å². The first-order chi connectivity index (χ1) is 13.2. The van der Waals surface area contributed by atoms with Crippen molar-refractivity contribution in [1.29, 1.82) is 0 Å². The van der Waals surface area contributed by atoms with Crippen molar-refractivity contribution in [3.63, 3.8) is 0 Å². The van der Waals surface area contributed by atoms with Gasteiger partial charge in [0.05, 0.1) is 31.3 Å². The summed E-state index contributed by atoms with van der Waals surface area (Å²) < 4.78 is 18.3. The van der Waals surface area contributed by atoms with Gasteiger partial charge in [0.1, 0.15) is 6.73 Å². The van der Waals surface area contributed by atoms with Crippen LogP contribution in [-0.2, 0) is 17.9 Å². The van der Waals surface area contributed by atoms with Crippen molar-refractivity contribution in [3.8, 4) is 11.5 Å². The van der Waals surface area contributed by atoms with Gasteiger partial charge in [0.25, 0.3) is 0 Å². The summed E-state index contributed by atoms with van der Waals surface area (Å²) in [4.78, 5) is 0. The number of nitrogens with zero attached hydrogens (tertiary/aromatic N) is 2. The van der Waals surface area contributed by atoms with E-state index >= 15 is 0 Å². The molecule has 0 saturated carbocycles. The average molecular weight is 393 g/mol. The average Bonchev–Trinajstić information content (AvgIpc) is 3.09. The van der Waals surface area contributed by atoms with Gasteiger partial charge in [0.2, 0.25) is 0 Å². The normalized spacial score (nSPS) is 10.5. The number of hydrogen-bond donors (Lipinski definition) is 2. The maximum Gasteiger partial charge on any atom is 0.170 e. The number of aromatic nitrogens is 2. The molecule has 0 bridgehead atoms. The van der Waals surface area contributed by atoms with Crippen LogP contribution >= 0.6 is 12.2 Å². The molecule has 0 aliphatic heterocycles. The number of nitrogens with one attached hydrogen (secondary N) is 2. The topological polar surface area (TPSA) is 69.6 Å². The van der Waals surface area contributed by atoms with Crippen LogP contribution in [-0.4, -0.2) is 41.3 Å². The second kappa shape index (κ2) is 11.4. The Kier molecular flexibility index (Phi) is 8.86. The molecule has 0 radical (unpaired) electrons. The fourth-order valence-electron chi connectivity index (χ4n) is 2.43. The van der Waals surface area contributed by atoms with E-state index in [9.17, 15) is 0 Å². The van der Waals surface area contributed by atoms with E-state index in [4.69, 9.17) is 26.4 Å². The number of hydrogen-bond acceptors (Lipinski definition) is 5. The molecule has 7 nitrogen and oxygen atoms in total.